The van der Waals surface area contributed by atoms with E-state index in [9.17, 15) is 9.59 Å². The zero-order valence-corrected chi connectivity index (χ0v) is 9.37. The van der Waals surface area contributed by atoms with Crippen molar-refractivity contribution in [3.05, 3.63) is 0 Å². The lowest BCUT2D eigenvalue weighted by molar-refractivity contribution is -0.127. The van der Waals surface area contributed by atoms with E-state index in [1.165, 1.54) is 25.7 Å². The van der Waals surface area contributed by atoms with Gasteiger partial charge in [-0.1, -0.05) is 12.8 Å². The van der Waals surface area contributed by atoms with Crippen molar-refractivity contribution in [3.8, 4) is 0 Å². The zero-order valence-electron chi connectivity index (χ0n) is 9.37. The Kier molecular flexibility index (Phi) is 2.03. The molecule has 3 aliphatic carbocycles. The van der Waals surface area contributed by atoms with E-state index in [0.29, 0.717) is 5.41 Å². The second-order valence-electron chi connectivity index (χ2n) is 5.68. The fraction of sp³-hybridized carbons (Fsp3) is 0.833. The van der Waals surface area contributed by atoms with Crippen LogP contribution in [0.1, 0.15) is 32.1 Å². The van der Waals surface area contributed by atoms with Gasteiger partial charge in [-0.2, -0.15) is 0 Å². The van der Waals surface area contributed by atoms with Crippen molar-refractivity contribution in [1.82, 2.24) is 5.32 Å². The van der Waals surface area contributed by atoms with Gasteiger partial charge in [0.15, 0.2) is 0 Å². The molecule has 3 aliphatic rings. The Morgan fingerprint density at radius 2 is 2.12 bits per heavy atom. The number of nitrogens with two attached hydrogens (primary N) is 1. The summed E-state index contributed by atoms with van der Waals surface area (Å²) in [4.78, 5) is 22.4. The van der Waals surface area contributed by atoms with Gasteiger partial charge < -0.3 is 11.1 Å². The Balaban J connectivity index is 1.56. The Morgan fingerprint density at radius 3 is 2.81 bits per heavy atom. The Labute approximate surface area is 94.9 Å². The average Bonchev–Trinajstić information content (AvgIpc) is 2.87. The molecule has 1 spiro atoms. The highest BCUT2D eigenvalue weighted by molar-refractivity contribution is 5.87. The van der Waals surface area contributed by atoms with Crippen molar-refractivity contribution in [2.45, 2.75) is 32.1 Å². The van der Waals surface area contributed by atoms with Crippen LogP contribution >= 0.6 is 0 Å². The second kappa shape index (κ2) is 3.22. The summed E-state index contributed by atoms with van der Waals surface area (Å²) >= 11 is 0. The number of carbonyl (C=O) groups is 2. The van der Waals surface area contributed by atoms with Crippen LogP contribution in [0.2, 0.25) is 0 Å². The van der Waals surface area contributed by atoms with Crippen molar-refractivity contribution in [3.63, 3.8) is 0 Å². The van der Waals surface area contributed by atoms with Crippen LogP contribution in [0.5, 0.6) is 0 Å². The van der Waals surface area contributed by atoms with Crippen LogP contribution in [0.4, 0.5) is 0 Å². The highest BCUT2D eigenvalue weighted by atomic mass is 16.2. The third kappa shape index (κ3) is 1.28. The maximum Gasteiger partial charge on any atom is 0.236 e. The number of hydrogen-bond acceptors (Lipinski definition) is 2. The predicted molar refractivity (Wildman–Crippen MR) is 58.2 cm³/mol. The molecular formula is C12H18N2O2. The highest BCUT2D eigenvalue weighted by Crippen LogP contribution is 2.74. The van der Waals surface area contributed by atoms with Gasteiger partial charge in [0.25, 0.3) is 0 Å². The van der Waals surface area contributed by atoms with E-state index in [1.54, 1.807) is 0 Å². The topological polar surface area (TPSA) is 72.2 Å². The first kappa shape index (κ1) is 10.1. The van der Waals surface area contributed by atoms with E-state index in [4.69, 9.17) is 5.73 Å². The van der Waals surface area contributed by atoms with Crippen LogP contribution in [0, 0.1) is 23.2 Å². The first-order valence-corrected chi connectivity index (χ1v) is 6.19. The van der Waals surface area contributed by atoms with Gasteiger partial charge in [-0.05, 0) is 36.5 Å². The lowest BCUT2D eigenvalue weighted by atomic mass is 9.62. The minimum Gasteiger partial charge on any atom is -0.368 e. The summed E-state index contributed by atoms with van der Waals surface area (Å²) in [6, 6.07) is 0. The molecule has 3 rings (SSSR count). The molecule has 0 saturated heterocycles. The zero-order chi connectivity index (χ0) is 11.3. The Morgan fingerprint density at radius 1 is 1.31 bits per heavy atom. The molecule has 2 amide bonds. The van der Waals surface area contributed by atoms with Gasteiger partial charge in [0, 0.05) is 5.92 Å². The maximum absolute atomic E-state index is 11.8. The molecule has 0 radical (unpaired) electrons. The smallest absolute Gasteiger partial charge is 0.236 e. The van der Waals surface area contributed by atoms with Crippen LogP contribution in [0.15, 0.2) is 0 Å². The summed E-state index contributed by atoms with van der Waals surface area (Å²) in [6.45, 7) is -0.0144. The quantitative estimate of drug-likeness (QED) is 0.726. The average molecular weight is 222 g/mol. The Bertz CT molecular complexity index is 355. The molecule has 4 heteroatoms. The first-order valence-electron chi connectivity index (χ1n) is 6.19. The van der Waals surface area contributed by atoms with Crippen molar-refractivity contribution in [2.75, 3.05) is 6.54 Å². The second-order valence-corrected chi connectivity index (χ2v) is 5.68. The van der Waals surface area contributed by atoms with Crippen LogP contribution in [0.25, 0.3) is 0 Å². The third-order valence-corrected chi connectivity index (χ3v) is 4.91. The van der Waals surface area contributed by atoms with Crippen molar-refractivity contribution >= 4 is 11.8 Å². The number of rotatable bonds is 3. The van der Waals surface area contributed by atoms with Gasteiger partial charge in [0.05, 0.1) is 6.54 Å². The van der Waals surface area contributed by atoms with Crippen molar-refractivity contribution < 1.29 is 9.59 Å². The molecule has 0 aliphatic heterocycles. The fourth-order valence-electron chi connectivity index (χ4n) is 4.12. The lowest BCUT2D eigenvalue weighted by Gasteiger charge is -2.42. The molecule has 0 aromatic carbocycles. The van der Waals surface area contributed by atoms with Crippen LogP contribution in [0.3, 0.4) is 0 Å². The highest BCUT2D eigenvalue weighted by Gasteiger charge is 2.70. The molecule has 88 valence electrons. The molecule has 0 bridgehead atoms. The van der Waals surface area contributed by atoms with Gasteiger partial charge in [-0.15, -0.1) is 0 Å². The first-order chi connectivity index (χ1) is 7.63. The largest absolute Gasteiger partial charge is 0.368 e. The Hall–Kier alpha value is -1.06. The minimum absolute atomic E-state index is 0.0144. The fourth-order valence-corrected chi connectivity index (χ4v) is 4.12. The van der Waals surface area contributed by atoms with E-state index in [-0.39, 0.29) is 18.4 Å². The maximum atomic E-state index is 11.8. The summed E-state index contributed by atoms with van der Waals surface area (Å²) in [6.07, 6.45) is 6.30. The third-order valence-electron chi connectivity index (χ3n) is 4.91. The van der Waals surface area contributed by atoms with E-state index >= 15 is 0 Å². The van der Waals surface area contributed by atoms with E-state index < -0.39 is 5.91 Å². The molecule has 0 aromatic rings. The van der Waals surface area contributed by atoms with E-state index in [2.05, 4.69) is 5.32 Å². The minimum atomic E-state index is -0.463. The molecule has 16 heavy (non-hydrogen) atoms. The summed E-state index contributed by atoms with van der Waals surface area (Å²) in [7, 11) is 0. The predicted octanol–water partition coefficient (Wildman–Crippen LogP) is 0.414. The van der Waals surface area contributed by atoms with Crippen molar-refractivity contribution in [1.29, 1.82) is 0 Å². The number of nitrogens with one attached hydrogen (secondary N) is 1. The molecule has 0 heterocycles. The summed E-state index contributed by atoms with van der Waals surface area (Å²) < 4.78 is 0. The van der Waals surface area contributed by atoms with E-state index in [0.717, 1.165) is 18.3 Å². The SMILES string of the molecule is NC(=O)CNC(=O)C1CC12CC1CCCC12. The lowest BCUT2D eigenvalue weighted by Crippen LogP contribution is -2.41. The number of fused-ring (bicyclic) bond motifs is 2. The number of carbonyl (C=O) groups excluding carboxylic acids is 2. The van der Waals surface area contributed by atoms with Gasteiger partial charge in [0.2, 0.25) is 11.8 Å². The van der Waals surface area contributed by atoms with Gasteiger partial charge in [-0.25, -0.2) is 0 Å². The molecule has 3 fully saturated rings. The summed E-state index contributed by atoms with van der Waals surface area (Å²) in [5.74, 6) is 1.46. The number of primary amides is 1. The molecule has 4 atom stereocenters. The van der Waals surface area contributed by atoms with Crippen molar-refractivity contribution in [2.24, 2.45) is 28.9 Å². The van der Waals surface area contributed by atoms with Crippen LogP contribution in [-0.2, 0) is 9.59 Å². The molecule has 4 nitrogen and oxygen atoms in total. The van der Waals surface area contributed by atoms with E-state index in [1.807, 2.05) is 0 Å². The monoisotopic (exact) mass is 222 g/mol. The normalized spacial score (nSPS) is 43.6. The number of hydrogen-bond donors (Lipinski definition) is 2. The molecule has 3 saturated carbocycles. The van der Waals surface area contributed by atoms with Crippen LogP contribution < -0.4 is 11.1 Å². The van der Waals surface area contributed by atoms with Gasteiger partial charge >= 0.3 is 0 Å². The summed E-state index contributed by atoms with van der Waals surface area (Å²) in [5.41, 5.74) is 5.34. The van der Waals surface area contributed by atoms with Gasteiger partial charge in [0.1, 0.15) is 0 Å². The van der Waals surface area contributed by atoms with Crippen LogP contribution in [-0.4, -0.2) is 18.4 Å². The van der Waals surface area contributed by atoms with Gasteiger partial charge in [-0.3, -0.25) is 9.59 Å². The molecule has 3 N–H and O–H groups in total. The number of amides is 2. The standard InChI is InChI=1S/C12H18N2O2/c13-10(15)6-14-11(16)9-5-12(9)4-7-2-1-3-8(7)12/h7-9H,1-6H2,(H2,13,15)(H,14,16). The summed E-state index contributed by atoms with van der Waals surface area (Å²) in [5, 5.41) is 2.63. The molecule has 0 aromatic heterocycles. The molecular weight excluding hydrogens is 204 g/mol. The molecule has 4 unspecified atom stereocenters.